The molecular formula is C12H17NO3. The highest BCUT2D eigenvalue weighted by Crippen LogP contribution is 2.10. The molecule has 1 atom stereocenters. The van der Waals surface area contributed by atoms with E-state index in [9.17, 15) is 9.90 Å². The second-order valence-corrected chi connectivity index (χ2v) is 3.68. The highest BCUT2D eigenvalue weighted by atomic mass is 16.4. The molecule has 1 aromatic rings. The van der Waals surface area contributed by atoms with Gasteiger partial charge in [-0.15, -0.1) is 0 Å². The van der Waals surface area contributed by atoms with Crippen LogP contribution < -0.4 is 5.32 Å². The number of rotatable bonds is 6. The van der Waals surface area contributed by atoms with Crippen molar-refractivity contribution >= 4 is 11.7 Å². The van der Waals surface area contributed by atoms with Gasteiger partial charge < -0.3 is 15.5 Å². The molecule has 16 heavy (non-hydrogen) atoms. The summed E-state index contributed by atoms with van der Waals surface area (Å²) in [6.45, 7) is 2.33. The van der Waals surface area contributed by atoms with Crippen LogP contribution in [0.5, 0.6) is 0 Å². The summed E-state index contributed by atoms with van der Waals surface area (Å²) in [6, 6.07) is 7.86. The number of hydrogen-bond donors (Lipinski definition) is 3. The average Bonchev–Trinajstić information content (AvgIpc) is 2.26. The summed E-state index contributed by atoms with van der Waals surface area (Å²) in [4.78, 5) is 10.3. The maximum absolute atomic E-state index is 10.3. The summed E-state index contributed by atoms with van der Waals surface area (Å²) >= 11 is 0. The van der Waals surface area contributed by atoms with Gasteiger partial charge in [-0.05, 0) is 24.1 Å². The molecular weight excluding hydrogens is 206 g/mol. The first-order valence-corrected chi connectivity index (χ1v) is 5.34. The Morgan fingerprint density at radius 2 is 2.00 bits per heavy atom. The number of anilines is 1. The van der Waals surface area contributed by atoms with Crippen molar-refractivity contribution in [2.24, 2.45) is 0 Å². The number of aliphatic hydroxyl groups excluding tert-OH is 1. The number of aryl methyl sites for hydroxylation is 1. The van der Waals surface area contributed by atoms with Crippen LogP contribution in [-0.2, 0) is 11.2 Å². The summed E-state index contributed by atoms with van der Waals surface area (Å²) in [7, 11) is 0. The summed E-state index contributed by atoms with van der Waals surface area (Å²) in [6.07, 6.45) is -0.106. The van der Waals surface area contributed by atoms with Crippen LogP contribution in [0.25, 0.3) is 0 Å². The third kappa shape index (κ3) is 4.31. The number of benzene rings is 1. The molecule has 4 heteroatoms. The lowest BCUT2D eigenvalue weighted by atomic mass is 10.1. The Morgan fingerprint density at radius 3 is 2.50 bits per heavy atom. The van der Waals surface area contributed by atoms with Crippen molar-refractivity contribution in [3.05, 3.63) is 29.8 Å². The van der Waals surface area contributed by atoms with Crippen molar-refractivity contribution in [3.63, 3.8) is 0 Å². The fraction of sp³-hybridized carbons (Fsp3) is 0.417. The normalized spacial score (nSPS) is 12.1. The van der Waals surface area contributed by atoms with Crippen LogP contribution in [0.2, 0.25) is 0 Å². The molecule has 0 aliphatic heterocycles. The maximum atomic E-state index is 10.3. The minimum Gasteiger partial charge on any atom is -0.481 e. The van der Waals surface area contributed by atoms with Crippen LogP contribution in [0.4, 0.5) is 5.69 Å². The molecule has 4 nitrogen and oxygen atoms in total. The molecule has 1 rings (SSSR count). The first-order chi connectivity index (χ1) is 7.61. The van der Waals surface area contributed by atoms with Crippen molar-refractivity contribution in [2.75, 3.05) is 11.9 Å². The Balaban J connectivity index is 2.39. The first kappa shape index (κ1) is 12.5. The number of aliphatic hydroxyl groups is 1. The number of nitrogens with one attached hydrogen (secondary N) is 1. The quantitative estimate of drug-likeness (QED) is 0.683. The lowest BCUT2D eigenvalue weighted by molar-refractivity contribution is -0.138. The van der Waals surface area contributed by atoms with E-state index in [0.717, 1.165) is 12.1 Å². The minimum atomic E-state index is -0.990. The SMILES string of the molecule is CCc1ccc(NCC(O)CC(=O)O)cc1. The van der Waals surface area contributed by atoms with E-state index in [1.165, 1.54) is 5.56 Å². The Hall–Kier alpha value is -1.55. The summed E-state index contributed by atoms with van der Waals surface area (Å²) in [5.74, 6) is -0.990. The van der Waals surface area contributed by atoms with Gasteiger partial charge >= 0.3 is 5.97 Å². The molecule has 0 bridgehead atoms. The highest BCUT2D eigenvalue weighted by Gasteiger charge is 2.08. The molecule has 1 unspecified atom stereocenters. The minimum absolute atomic E-state index is 0.236. The Morgan fingerprint density at radius 1 is 1.38 bits per heavy atom. The molecule has 0 heterocycles. The van der Waals surface area contributed by atoms with Crippen LogP contribution >= 0.6 is 0 Å². The van der Waals surface area contributed by atoms with E-state index in [2.05, 4.69) is 12.2 Å². The Labute approximate surface area is 94.9 Å². The number of carbonyl (C=O) groups is 1. The average molecular weight is 223 g/mol. The third-order valence-electron chi connectivity index (χ3n) is 2.31. The van der Waals surface area contributed by atoms with Crippen molar-refractivity contribution < 1.29 is 15.0 Å². The van der Waals surface area contributed by atoms with E-state index in [0.29, 0.717) is 0 Å². The van der Waals surface area contributed by atoms with Crippen molar-refractivity contribution in [2.45, 2.75) is 25.9 Å². The maximum Gasteiger partial charge on any atom is 0.306 e. The fourth-order valence-corrected chi connectivity index (χ4v) is 1.37. The van der Waals surface area contributed by atoms with E-state index in [1.54, 1.807) is 0 Å². The first-order valence-electron chi connectivity index (χ1n) is 5.34. The second-order valence-electron chi connectivity index (χ2n) is 3.68. The molecule has 0 aliphatic carbocycles. The van der Waals surface area contributed by atoms with E-state index in [-0.39, 0.29) is 13.0 Å². The van der Waals surface area contributed by atoms with Gasteiger partial charge in [0.15, 0.2) is 0 Å². The molecule has 0 aromatic heterocycles. The molecule has 0 spiro atoms. The van der Waals surface area contributed by atoms with Gasteiger partial charge in [-0.3, -0.25) is 4.79 Å². The van der Waals surface area contributed by atoms with E-state index in [4.69, 9.17) is 5.11 Å². The van der Waals surface area contributed by atoms with Crippen molar-refractivity contribution in [1.29, 1.82) is 0 Å². The Kier molecular flexibility index (Phi) is 4.79. The molecule has 0 aliphatic rings. The largest absolute Gasteiger partial charge is 0.481 e. The van der Waals surface area contributed by atoms with Gasteiger partial charge in [0, 0.05) is 12.2 Å². The van der Waals surface area contributed by atoms with Crippen LogP contribution in [-0.4, -0.2) is 28.8 Å². The summed E-state index contributed by atoms with van der Waals surface area (Å²) in [5, 5.41) is 20.8. The zero-order chi connectivity index (χ0) is 12.0. The topological polar surface area (TPSA) is 69.6 Å². The van der Waals surface area contributed by atoms with Gasteiger partial charge in [0.05, 0.1) is 12.5 Å². The van der Waals surface area contributed by atoms with Crippen LogP contribution in [0.3, 0.4) is 0 Å². The summed E-state index contributed by atoms with van der Waals surface area (Å²) in [5.41, 5.74) is 2.14. The van der Waals surface area contributed by atoms with Crippen molar-refractivity contribution in [1.82, 2.24) is 0 Å². The molecule has 1 aromatic carbocycles. The number of aliphatic carboxylic acids is 1. The zero-order valence-electron chi connectivity index (χ0n) is 9.31. The number of carboxylic acid groups (broad SMARTS) is 1. The second kappa shape index (κ2) is 6.12. The molecule has 0 fully saturated rings. The monoisotopic (exact) mass is 223 g/mol. The van der Waals surface area contributed by atoms with Crippen molar-refractivity contribution in [3.8, 4) is 0 Å². The zero-order valence-corrected chi connectivity index (χ0v) is 9.31. The number of hydrogen-bond acceptors (Lipinski definition) is 3. The van der Waals surface area contributed by atoms with Gasteiger partial charge in [0.25, 0.3) is 0 Å². The molecule has 88 valence electrons. The van der Waals surface area contributed by atoms with E-state index < -0.39 is 12.1 Å². The predicted octanol–water partition coefficient (Wildman–Crippen LogP) is 1.50. The molecule has 0 saturated carbocycles. The fourth-order valence-electron chi connectivity index (χ4n) is 1.37. The number of carboxylic acids is 1. The van der Waals surface area contributed by atoms with E-state index >= 15 is 0 Å². The third-order valence-corrected chi connectivity index (χ3v) is 2.31. The smallest absolute Gasteiger partial charge is 0.306 e. The van der Waals surface area contributed by atoms with Gasteiger partial charge in [-0.25, -0.2) is 0 Å². The van der Waals surface area contributed by atoms with Gasteiger partial charge in [-0.2, -0.15) is 0 Å². The molecule has 0 radical (unpaired) electrons. The molecule has 3 N–H and O–H groups in total. The predicted molar refractivity (Wildman–Crippen MR) is 62.6 cm³/mol. The summed E-state index contributed by atoms with van der Waals surface area (Å²) < 4.78 is 0. The van der Waals surface area contributed by atoms with Crippen LogP contribution in [0, 0.1) is 0 Å². The molecule has 0 amide bonds. The highest BCUT2D eigenvalue weighted by molar-refractivity contribution is 5.67. The van der Waals surface area contributed by atoms with Gasteiger partial charge in [-0.1, -0.05) is 19.1 Å². The molecule has 0 saturated heterocycles. The van der Waals surface area contributed by atoms with Crippen LogP contribution in [0.15, 0.2) is 24.3 Å². The van der Waals surface area contributed by atoms with Gasteiger partial charge in [0.2, 0.25) is 0 Å². The van der Waals surface area contributed by atoms with E-state index in [1.807, 2.05) is 24.3 Å². The Bertz CT molecular complexity index is 335. The lowest BCUT2D eigenvalue weighted by Gasteiger charge is -2.11. The van der Waals surface area contributed by atoms with Crippen LogP contribution in [0.1, 0.15) is 18.9 Å². The lowest BCUT2D eigenvalue weighted by Crippen LogP contribution is -2.22. The standard InChI is InChI=1S/C12H17NO3/c1-2-9-3-5-10(6-4-9)13-8-11(14)7-12(15)16/h3-6,11,13-14H,2,7-8H2,1H3,(H,15,16). The van der Waals surface area contributed by atoms with Gasteiger partial charge in [0.1, 0.15) is 0 Å².